The summed E-state index contributed by atoms with van der Waals surface area (Å²) in [6.45, 7) is 6.96. The van der Waals surface area contributed by atoms with Gasteiger partial charge < -0.3 is 10.1 Å². The maximum absolute atomic E-state index is 13.3. The molecule has 1 saturated heterocycles. The standard InChI is InChI=1S/C27H34N4O2/c1-5-28-26(32)27(17-21-11-13-23(14-12-21)22-9-7-6-8-10-22)15-16-31(19-27)18-24-20(2)29-30(3)25(24)33-4/h6-14H,5,15-19H2,1-4H3,(H,28,32)/t27-/m0/s1. The third-order valence-electron chi connectivity index (χ3n) is 6.72. The Balaban J connectivity index is 1.53. The number of benzene rings is 2. The summed E-state index contributed by atoms with van der Waals surface area (Å²) in [5, 5.41) is 7.61. The third-order valence-corrected chi connectivity index (χ3v) is 6.72. The monoisotopic (exact) mass is 446 g/mol. The van der Waals surface area contributed by atoms with Crippen molar-refractivity contribution in [1.29, 1.82) is 0 Å². The molecular formula is C27H34N4O2. The van der Waals surface area contributed by atoms with Crippen molar-refractivity contribution < 1.29 is 9.53 Å². The van der Waals surface area contributed by atoms with E-state index in [0.29, 0.717) is 6.54 Å². The Morgan fingerprint density at radius 3 is 2.48 bits per heavy atom. The number of nitrogens with one attached hydrogen (secondary N) is 1. The number of hydrogen-bond donors (Lipinski definition) is 1. The molecule has 1 atom stereocenters. The number of amides is 1. The van der Waals surface area contributed by atoms with Crippen molar-refractivity contribution in [2.75, 3.05) is 26.7 Å². The van der Waals surface area contributed by atoms with Gasteiger partial charge >= 0.3 is 0 Å². The molecule has 1 aliphatic rings. The number of rotatable bonds is 8. The average Bonchev–Trinajstić information content (AvgIpc) is 3.35. The minimum atomic E-state index is -0.437. The van der Waals surface area contributed by atoms with Gasteiger partial charge in [-0.25, -0.2) is 4.68 Å². The molecular weight excluding hydrogens is 412 g/mol. The summed E-state index contributed by atoms with van der Waals surface area (Å²) in [6.07, 6.45) is 1.56. The molecule has 0 spiro atoms. The lowest BCUT2D eigenvalue weighted by Gasteiger charge is -2.28. The molecule has 1 aliphatic heterocycles. The van der Waals surface area contributed by atoms with Crippen LogP contribution in [0.25, 0.3) is 11.1 Å². The Labute approximate surface area is 196 Å². The second-order valence-electron chi connectivity index (χ2n) is 9.04. The predicted molar refractivity (Wildman–Crippen MR) is 131 cm³/mol. The lowest BCUT2D eigenvalue weighted by Crippen LogP contribution is -2.44. The summed E-state index contributed by atoms with van der Waals surface area (Å²) in [7, 11) is 3.58. The SMILES string of the molecule is CCNC(=O)[C@]1(Cc2ccc(-c3ccccc3)cc2)CCN(Cc2c(C)nn(C)c2OC)C1. The zero-order chi connectivity index (χ0) is 23.4. The zero-order valence-corrected chi connectivity index (χ0v) is 20.1. The van der Waals surface area contributed by atoms with Gasteiger partial charge in [-0.2, -0.15) is 5.10 Å². The van der Waals surface area contributed by atoms with Crippen LogP contribution in [0.2, 0.25) is 0 Å². The number of hydrogen-bond acceptors (Lipinski definition) is 4. The zero-order valence-electron chi connectivity index (χ0n) is 20.1. The van der Waals surface area contributed by atoms with Gasteiger partial charge in [0.2, 0.25) is 11.8 Å². The molecule has 33 heavy (non-hydrogen) atoms. The molecule has 2 aromatic carbocycles. The summed E-state index contributed by atoms with van der Waals surface area (Å²) in [5.41, 5.74) is 5.22. The third kappa shape index (κ3) is 4.81. The van der Waals surface area contributed by atoms with E-state index >= 15 is 0 Å². The Morgan fingerprint density at radius 2 is 1.82 bits per heavy atom. The molecule has 1 aromatic heterocycles. The minimum absolute atomic E-state index is 0.148. The van der Waals surface area contributed by atoms with Gasteiger partial charge in [0.05, 0.1) is 23.8 Å². The highest BCUT2D eigenvalue weighted by atomic mass is 16.5. The van der Waals surface area contributed by atoms with Crippen molar-refractivity contribution >= 4 is 5.91 Å². The van der Waals surface area contributed by atoms with Gasteiger partial charge in [-0.3, -0.25) is 9.69 Å². The van der Waals surface area contributed by atoms with E-state index < -0.39 is 5.41 Å². The van der Waals surface area contributed by atoms with Crippen LogP contribution in [0, 0.1) is 12.3 Å². The van der Waals surface area contributed by atoms with Crippen molar-refractivity contribution in [3.8, 4) is 17.0 Å². The highest BCUT2D eigenvalue weighted by Gasteiger charge is 2.44. The van der Waals surface area contributed by atoms with E-state index in [4.69, 9.17) is 4.74 Å². The maximum atomic E-state index is 13.3. The highest BCUT2D eigenvalue weighted by molar-refractivity contribution is 5.83. The van der Waals surface area contributed by atoms with Gasteiger partial charge in [0.1, 0.15) is 0 Å². The van der Waals surface area contributed by atoms with Crippen LogP contribution < -0.4 is 10.1 Å². The molecule has 6 nitrogen and oxygen atoms in total. The lowest BCUT2D eigenvalue weighted by molar-refractivity contribution is -0.130. The van der Waals surface area contributed by atoms with E-state index in [-0.39, 0.29) is 5.91 Å². The van der Waals surface area contributed by atoms with Gasteiger partial charge in [-0.15, -0.1) is 0 Å². The first-order chi connectivity index (χ1) is 16.0. The van der Waals surface area contributed by atoms with Crippen LogP contribution >= 0.6 is 0 Å². The molecule has 0 saturated carbocycles. The number of methoxy groups -OCH3 is 1. The molecule has 0 unspecified atom stereocenters. The normalized spacial score (nSPS) is 18.4. The van der Waals surface area contributed by atoms with Gasteiger partial charge in [-0.05, 0) is 49.9 Å². The van der Waals surface area contributed by atoms with Crippen LogP contribution in [0.5, 0.6) is 5.88 Å². The van der Waals surface area contributed by atoms with Gasteiger partial charge in [0.25, 0.3) is 0 Å². The number of likely N-dealkylation sites (tertiary alicyclic amines) is 1. The Hall–Kier alpha value is -3.12. The molecule has 0 aliphatic carbocycles. The van der Waals surface area contributed by atoms with E-state index in [9.17, 15) is 4.79 Å². The summed E-state index contributed by atoms with van der Waals surface area (Å²) in [6, 6.07) is 19.0. The number of nitrogens with zero attached hydrogens (tertiary/aromatic N) is 3. The van der Waals surface area contributed by atoms with E-state index in [1.807, 2.05) is 27.0 Å². The number of carbonyl (C=O) groups excluding carboxylic acids is 1. The Bertz CT molecular complexity index is 1090. The van der Waals surface area contributed by atoms with Crippen molar-refractivity contribution in [3.05, 3.63) is 71.4 Å². The van der Waals surface area contributed by atoms with Crippen molar-refractivity contribution in [3.63, 3.8) is 0 Å². The summed E-state index contributed by atoms with van der Waals surface area (Å²) >= 11 is 0. The van der Waals surface area contributed by atoms with Crippen LogP contribution in [0.15, 0.2) is 54.6 Å². The fraction of sp³-hybridized carbons (Fsp3) is 0.407. The fourth-order valence-electron chi connectivity index (χ4n) is 5.03. The molecule has 6 heteroatoms. The second-order valence-corrected chi connectivity index (χ2v) is 9.04. The first kappa shape index (κ1) is 23.1. The average molecular weight is 447 g/mol. The molecule has 1 amide bonds. The topological polar surface area (TPSA) is 59.4 Å². The first-order valence-corrected chi connectivity index (χ1v) is 11.7. The smallest absolute Gasteiger partial charge is 0.227 e. The fourth-order valence-corrected chi connectivity index (χ4v) is 5.03. The van der Waals surface area contributed by atoms with E-state index in [1.54, 1.807) is 11.8 Å². The van der Waals surface area contributed by atoms with Gasteiger partial charge in [-0.1, -0.05) is 54.6 Å². The van der Waals surface area contributed by atoms with Crippen molar-refractivity contribution in [2.24, 2.45) is 12.5 Å². The molecule has 0 radical (unpaired) electrons. The van der Waals surface area contributed by atoms with Crippen LogP contribution in [0.4, 0.5) is 0 Å². The molecule has 0 bridgehead atoms. The quantitative estimate of drug-likeness (QED) is 0.569. The van der Waals surface area contributed by atoms with Gasteiger partial charge in [0.15, 0.2) is 0 Å². The molecule has 1 fully saturated rings. The van der Waals surface area contributed by atoms with Gasteiger partial charge in [0, 0.05) is 26.7 Å². The Kier molecular flexibility index (Phi) is 6.84. The summed E-state index contributed by atoms with van der Waals surface area (Å²) in [4.78, 5) is 15.6. The van der Waals surface area contributed by atoms with E-state index in [1.165, 1.54) is 16.7 Å². The van der Waals surface area contributed by atoms with E-state index in [2.05, 4.69) is 63.8 Å². The van der Waals surface area contributed by atoms with Crippen LogP contribution in [0.3, 0.4) is 0 Å². The summed E-state index contributed by atoms with van der Waals surface area (Å²) in [5.74, 6) is 0.939. The van der Waals surface area contributed by atoms with Crippen molar-refractivity contribution in [1.82, 2.24) is 20.0 Å². The minimum Gasteiger partial charge on any atom is -0.481 e. The molecule has 3 aromatic rings. The molecule has 174 valence electrons. The van der Waals surface area contributed by atoms with Crippen molar-refractivity contribution in [2.45, 2.75) is 33.2 Å². The van der Waals surface area contributed by atoms with Crippen LogP contribution in [0.1, 0.15) is 30.2 Å². The van der Waals surface area contributed by atoms with E-state index in [0.717, 1.165) is 49.6 Å². The largest absolute Gasteiger partial charge is 0.481 e. The molecule has 2 heterocycles. The number of aryl methyl sites for hydroxylation is 2. The Morgan fingerprint density at radius 1 is 1.12 bits per heavy atom. The van der Waals surface area contributed by atoms with Crippen LogP contribution in [-0.4, -0.2) is 47.3 Å². The molecule has 1 N–H and O–H groups in total. The number of aromatic nitrogens is 2. The highest BCUT2D eigenvalue weighted by Crippen LogP contribution is 2.37. The number of carbonyl (C=O) groups is 1. The first-order valence-electron chi connectivity index (χ1n) is 11.7. The van der Waals surface area contributed by atoms with Crippen LogP contribution in [-0.2, 0) is 24.8 Å². The molecule has 4 rings (SSSR count). The second kappa shape index (κ2) is 9.79. The summed E-state index contributed by atoms with van der Waals surface area (Å²) < 4.78 is 7.37. The lowest BCUT2D eigenvalue weighted by atomic mass is 9.79. The number of ether oxygens (including phenoxy) is 1. The predicted octanol–water partition coefficient (Wildman–Crippen LogP) is 3.98. The maximum Gasteiger partial charge on any atom is 0.227 e.